The molecule has 0 aliphatic carbocycles. The van der Waals surface area contributed by atoms with Crippen LogP contribution >= 0.6 is 15.9 Å². The van der Waals surface area contributed by atoms with E-state index in [4.69, 9.17) is 0 Å². The molecule has 0 unspecified atom stereocenters. The molecule has 2 heterocycles. The van der Waals surface area contributed by atoms with Gasteiger partial charge in [-0.2, -0.15) is 0 Å². The van der Waals surface area contributed by atoms with E-state index in [0.717, 1.165) is 15.7 Å². The van der Waals surface area contributed by atoms with Gasteiger partial charge >= 0.3 is 11.8 Å². The van der Waals surface area contributed by atoms with Crippen LogP contribution in [0.4, 0.5) is 0 Å². The van der Waals surface area contributed by atoms with Crippen molar-refractivity contribution in [2.45, 2.75) is 26.8 Å². The van der Waals surface area contributed by atoms with Crippen LogP contribution in [0.15, 0.2) is 40.9 Å². The van der Waals surface area contributed by atoms with Gasteiger partial charge in [-0.25, -0.2) is 0 Å². The second-order valence-electron chi connectivity index (χ2n) is 7.55. The summed E-state index contributed by atoms with van der Waals surface area (Å²) in [5.74, 6) is -1.26. The number of carbonyl (C=O) groups is 3. The lowest BCUT2D eigenvalue weighted by molar-refractivity contribution is -0.147. The van der Waals surface area contributed by atoms with Gasteiger partial charge in [0, 0.05) is 42.3 Å². The molecule has 7 nitrogen and oxygen atoms in total. The van der Waals surface area contributed by atoms with Gasteiger partial charge in [0.05, 0.1) is 17.0 Å². The number of benzene rings is 1. The minimum absolute atomic E-state index is 0.0974. The molecule has 2 aromatic rings. The van der Waals surface area contributed by atoms with E-state index in [-0.39, 0.29) is 11.9 Å². The largest absolute Gasteiger partial charge is 0.346 e. The van der Waals surface area contributed by atoms with Crippen LogP contribution < -0.4 is 5.32 Å². The van der Waals surface area contributed by atoms with Crippen LogP contribution in [0.25, 0.3) is 11.3 Å². The van der Waals surface area contributed by atoms with E-state index in [1.54, 1.807) is 24.8 Å². The molecule has 0 atom stereocenters. The average Bonchev–Trinajstić information content (AvgIpc) is 2.72. The maximum atomic E-state index is 13.0. The molecule has 1 aromatic heterocycles. The van der Waals surface area contributed by atoms with E-state index < -0.39 is 11.8 Å². The summed E-state index contributed by atoms with van der Waals surface area (Å²) in [6.45, 7) is 6.86. The molecule has 0 radical (unpaired) electrons. The number of rotatable bonds is 3. The first-order chi connectivity index (χ1) is 14.3. The van der Waals surface area contributed by atoms with Crippen LogP contribution in [-0.2, 0) is 9.59 Å². The van der Waals surface area contributed by atoms with Gasteiger partial charge in [-0.1, -0.05) is 28.1 Å². The molecule has 158 valence electrons. The second kappa shape index (κ2) is 9.38. The molecule has 1 aliphatic heterocycles. The molecule has 1 N–H and O–H groups in total. The Balaban J connectivity index is 1.65. The van der Waals surface area contributed by atoms with Gasteiger partial charge in [-0.05, 0) is 45.0 Å². The quantitative estimate of drug-likeness (QED) is 0.695. The molecule has 0 saturated carbocycles. The Bertz CT molecular complexity index is 969. The van der Waals surface area contributed by atoms with Crippen molar-refractivity contribution in [3.63, 3.8) is 0 Å². The lowest BCUT2D eigenvalue weighted by atomic mass is 10.1. The summed E-state index contributed by atoms with van der Waals surface area (Å²) in [6, 6.07) is 11.4. The third-order valence-corrected chi connectivity index (χ3v) is 5.40. The maximum absolute atomic E-state index is 13.0. The zero-order valence-corrected chi connectivity index (χ0v) is 18.9. The summed E-state index contributed by atoms with van der Waals surface area (Å²) in [7, 11) is 0. The number of hydrogen-bond acceptors (Lipinski definition) is 4. The van der Waals surface area contributed by atoms with Gasteiger partial charge in [0.1, 0.15) is 0 Å². The Labute approximate surface area is 184 Å². The first kappa shape index (κ1) is 22.0. The minimum atomic E-state index is -0.604. The Hall–Kier alpha value is -2.74. The Kier molecular flexibility index (Phi) is 6.87. The van der Waals surface area contributed by atoms with E-state index >= 15 is 0 Å². The number of amides is 3. The van der Waals surface area contributed by atoms with Gasteiger partial charge in [0.2, 0.25) is 0 Å². The molecular weight excluding hydrogens is 448 g/mol. The number of pyridine rings is 1. The summed E-state index contributed by atoms with van der Waals surface area (Å²) in [5.41, 5.74) is 2.98. The highest BCUT2D eigenvalue weighted by Gasteiger charge is 2.29. The monoisotopic (exact) mass is 472 g/mol. The molecular formula is C22H25BrN4O3. The molecule has 3 amide bonds. The number of hydrogen-bond donors (Lipinski definition) is 1. The van der Waals surface area contributed by atoms with Gasteiger partial charge in [0.15, 0.2) is 0 Å². The van der Waals surface area contributed by atoms with Crippen LogP contribution in [0.3, 0.4) is 0 Å². The third kappa shape index (κ3) is 5.05. The summed E-state index contributed by atoms with van der Waals surface area (Å²) in [5, 5.41) is 2.61. The SMILES string of the molecule is Cc1nc(-c2cccc(Br)c2)ccc1C(=O)N1CCN(C(=O)C(=O)NC(C)C)CC1. The standard InChI is InChI=1S/C22H25BrN4O3/c1-14(2)24-20(28)22(30)27-11-9-26(10-12-27)21(29)18-7-8-19(25-15(18)3)16-5-4-6-17(23)13-16/h4-8,13-14H,9-12H2,1-3H3,(H,24,28). The van der Waals surface area contributed by atoms with Crippen LogP contribution in [0, 0.1) is 6.92 Å². The highest BCUT2D eigenvalue weighted by atomic mass is 79.9. The number of piperazine rings is 1. The van der Waals surface area contributed by atoms with Gasteiger partial charge < -0.3 is 15.1 Å². The van der Waals surface area contributed by atoms with E-state index in [2.05, 4.69) is 26.2 Å². The molecule has 3 rings (SSSR count). The van der Waals surface area contributed by atoms with Gasteiger partial charge in [0.25, 0.3) is 5.91 Å². The van der Waals surface area contributed by atoms with Crippen molar-refractivity contribution in [1.82, 2.24) is 20.1 Å². The van der Waals surface area contributed by atoms with Crippen molar-refractivity contribution in [1.29, 1.82) is 0 Å². The van der Waals surface area contributed by atoms with E-state index in [1.807, 2.05) is 37.3 Å². The zero-order valence-electron chi connectivity index (χ0n) is 17.3. The van der Waals surface area contributed by atoms with Crippen molar-refractivity contribution in [2.75, 3.05) is 26.2 Å². The second-order valence-corrected chi connectivity index (χ2v) is 8.47. The van der Waals surface area contributed by atoms with Gasteiger partial charge in [-0.15, -0.1) is 0 Å². The van der Waals surface area contributed by atoms with Crippen LogP contribution in [0.5, 0.6) is 0 Å². The van der Waals surface area contributed by atoms with Crippen molar-refractivity contribution in [2.24, 2.45) is 0 Å². The summed E-state index contributed by atoms with van der Waals surface area (Å²) >= 11 is 3.46. The van der Waals surface area contributed by atoms with Crippen molar-refractivity contribution < 1.29 is 14.4 Å². The van der Waals surface area contributed by atoms with Crippen molar-refractivity contribution in [3.05, 3.63) is 52.1 Å². The fraction of sp³-hybridized carbons (Fsp3) is 0.364. The van der Waals surface area contributed by atoms with E-state index in [1.165, 1.54) is 4.90 Å². The predicted molar refractivity (Wildman–Crippen MR) is 118 cm³/mol. The van der Waals surface area contributed by atoms with E-state index in [9.17, 15) is 14.4 Å². The topological polar surface area (TPSA) is 82.6 Å². The Morgan fingerprint density at radius 1 is 1.03 bits per heavy atom. The van der Waals surface area contributed by atoms with Crippen molar-refractivity contribution >= 4 is 33.7 Å². The molecule has 0 spiro atoms. The van der Waals surface area contributed by atoms with E-state index in [0.29, 0.717) is 37.4 Å². The fourth-order valence-electron chi connectivity index (χ4n) is 3.35. The first-order valence-electron chi connectivity index (χ1n) is 9.89. The Morgan fingerprint density at radius 2 is 1.70 bits per heavy atom. The predicted octanol–water partition coefficient (Wildman–Crippen LogP) is 2.63. The fourth-order valence-corrected chi connectivity index (χ4v) is 3.75. The number of aryl methyl sites for hydroxylation is 1. The van der Waals surface area contributed by atoms with Crippen LogP contribution in [-0.4, -0.2) is 64.7 Å². The number of carbonyl (C=O) groups excluding carboxylic acids is 3. The summed E-state index contributed by atoms with van der Waals surface area (Å²) in [4.78, 5) is 44.9. The molecule has 1 aliphatic rings. The maximum Gasteiger partial charge on any atom is 0.312 e. The molecule has 30 heavy (non-hydrogen) atoms. The highest BCUT2D eigenvalue weighted by molar-refractivity contribution is 9.10. The molecule has 1 aromatic carbocycles. The smallest absolute Gasteiger partial charge is 0.312 e. The average molecular weight is 473 g/mol. The third-order valence-electron chi connectivity index (χ3n) is 4.90. The summed E-state index contributed by atoms with van der Waals surface area (Å²) in [6.07, 6.45) is 0. The van der Waals surface area contributed by atoms with Gasteiger partial charge in [-0.3, -0.25) is 19.4 Å². The number of nitrogens with one attached hydrogen (secondary N) is 1. The first-order valence-corrected chi connectivity index (χ1v) is 10.7. The van der Waals surface area contributed by atoms with Crippen LogP contribution in [0.2, 0.25) is 0 Å². The molecule has 1 fully saturated rings. The highest BCUT2D eigenvalue weighted by Crippen LogP contribution is 2.23. The molecule has 0 bridgehead atoms. The number of aromatic nitrogens is 1. The Morgan fingerprint density at radius 3 is 2.30 bits per heavy atom. The minimum Gasteiger partial charge on any atom is -0.346 e. The lowest BCUT2D eigenvalue weighted by Gasteiger charge is -2.34. The molecule has 1 saturated heterocycles. The zero-order chi connectivity index (χ0) is 21.8. The lowest BCUT2D eigenvalue weighted by Crippen LogP contribution is -2.54. The van der Waals surface area contributed by atoms with Crippen molar-refractivity contribution in [3.8, 4) is 11.3 Å². The summed E-state index contributed by atoms with van der Waals surface area (Å²) < 4.78 is 0.967. The molecule has 8 heteroatoms. The van der Waals surface area contributed by atoms with Crippen LogP contribution in [0.1, 0.15) is 29.9 Å². The number of halogens is 1. The normalized spacial score (nSPS) is 14.0. The number of nitrogens with zero attached hydrogens (tertiary/aromatic N) is 3.